The van der Waals surface area contributed by atoms with Crippen LogP contribution < -0.4 is 21.3 Å². The van der Waals surface area contributed by atoms with E-state index in [1.54, 1.807) is 44.2 Å². The molecule has 4 N–H and O–H groups in total. The predicted molar refractivity (Wildman–Crippen MR) is 168 cm³/mol. The third-order valence-corrected chi connectivity index (χ3v) is 6.84. The van der Waals surface area contributed by atoms with Gasteiger partial charge in [-0.1, -0.05) is 48.5 Å². The number of carbonyl (C=O) groups excluding carboxylic acids is 1. The number of benzene rings is 3. The molecule has 0 amide bonds. The van der Waals surface area contributed by atoms with Crippen LogP contribution in [0.15, 0.2) is 93.5 Å². The molecule has 0 saturated heterocycles. The Labute approximate surface area is 253 Å². The van der Waals surface area contributed by atoms with Gasteiger partial charge in [0, 0.05) is 42.4 Å². The SMILES string of the molecule is CNC(Cc1cccc2c(-n3c(=O)ccn(C)c3=O)cccc12)C(=O)O.CNSc1ccccc1.O=CCCCC(=O)O. The summed E-state index contributed by atoms with van der Waals surface area (Å²) in [7, 11) is 5.10. The molecule has 0 aliphatic carbocycles. The van der Waals surface area contributed by atoms with Crippen molar-refractivity contribution in [2.24, 2.45) is 7.05 Å². The van der Waals surface area contributed by atoms with Crippen molar-refractivity contribution in [1.82, 2.24) is 19.2 Å². The molecule has 0 aliphatic heterocycles. The van der Waals surface area contributed by atoms with Gasteiger partial charge in [-0.3, -0.25) is 19.1 Å². The van der Waals surface area contributed by atoms with Crippen molar-refractivity contribution < 1.29 is 24.6 Å². The monoisotopic (exact) mass is 608 g/mol. The maximum absolute atomic E-state index is 12.5. The van der Waals surface area contributed by atoms with Crippen LogP contribution in [-0.4, -0.2) is 57.7 Å². The van der Waals surface area contributed by atoms with Crippen LogP contribution in [0.5, 0.6) is 0 Å². The van der Waals surface area contributed by atoms with Gasteiger partial charge in [0.1, 0.15) is 12.3 Å². The third-order valence-electron chi connectivity index (χ3n) is 6.13. The van der Waals surface area contributed by atoms with Gasteiger partial charge in [-0.05, 0) is 68.0 Å². The highest BCUT2D eigenvalue weighted by Gasteiger charge is 2.18. The molecule has 1 heterocycles. The second-order valence-corrected chi connectivity index (χ2v) is 10.2. The molecule has 228 valence electrons. The zero-order valence-electron chi connectivity index (χ0n) is 24.2. The molecule has 1 atom stereocenters. The number of aliphatic carboxylic acids is 2. The Kier molecular flexibility index (Phi) is 14.6. The van der Waals surface area contributed by atoms with E-state index >= 15 is 0 Å². The van der Waals surface area contributed by atoms with Crippen LogP contribution in [0.4, 0.5) is 0 Å². The van der Waals surface area contributed by atoms with Gasteiger partial charge in [0.25, 0.3) is 5.56 Å². The van der Waals surface area contributed by atoms with E-state index < -0.39 is 29.2 Å². The van der Waals surface area contributed by atoms with E-state index in [9.17, 15) is 29.1 Å². The van der Waals surface area contributed by atoms with E-state index in [0.717, 1.165) is 27.2 Å². The standard InChI is InChI=1S/C19H19N3O4.C7H9NS.C5H8O3/c1-20-15(18(24)25)11-12-5-3-7-14-13(12)6-4-8-16(14)22-17(23)9-10-21(2)19(22)26;1-8-9-7-5-3-2-4-6-7;6-4-2-1-3-5(7)8/h3-10,15,20H,11H2,1-2H3,(H,24,25);2-6,8H,1H3;4H,1-3H2,(H,7,8). The Morgan fingerprint density at radius 2 is 1.60 bits per heavy atom. The molecule has 0 aliphatic rings. The Bertz CT molecular complexity index is 1620. The second-order valence-electron chi connectivity index (χ2n) is 9.13. The number of aromatic nitrogens is 2. The number of carboxylic acid groups (broad SMARTS) is 2. The van der Waals surface area contributed by atoms with E-state index in [4.69, 9.17) is 5.11 Å². The highest BCUT2D eigenvalue weighted by atomic mass is 32.2. The lowest BCUT2D eigenvalue weighted by molar-refractivity contribution is -0.139. The molecule has 1 aromatic heterocycles. The molecule has 43 heavy (non-hydrogen) atoms. The summed E-state index contributed by atoms with van der Waals surface area (Å²) in [6.45, 7) is 0. The zero-order chi connectivity index (χ0) is 31.8. The minimum absolute atomic E-state index is 0.0960. The highest BCUT2D eigenvalue weighted by Crippen LogP contribution is 2.25. The number of carbonyl (C=O) groups is 3. The summed E-state index contributed by atoms with van der Waals surface area (Å²) in [5.41, 5.74) is 0.456. The number of carboxylic acids is 2. The number of hydrogen-bond acceptors (Lipinski definition) is 8. The Balaban J connectivity index is 0.000000310. The summed E-state index contributed by atoms with van der Waals surface area (Å²) >= 11 is 1.63. The average Bonchev–Trinajstić information content (AvgIpc) is 2.99. The third kappa shape index (κ3) is 10.7. The zero-order valence-corrected chi connectivity index (χ0v) is 25.0. The summed E-state index contributed by atoms with van der Waals surface area (Å²) in [5, 5.41) is 21.6. The fraction of sp³-hybridized carbons (Fsp3) is 0.258. The van der Waals surface area contributed by atoms with Crippen LogP contribution in [0.2, 0.25) is 0 Å². The molecule has 0 radical (unpaired) electrons. The van der Waals surface area contributed by atoms with E-state index in [0.29, 0.717) is 18.5 Å². The maximum atomic E-state index is 12.5. The number of nitrogens with one attached hydrogen (secondary N) is 2. The largest absolute Gasteiger partial charge is 0.481 e. The van der Waals surface area contributed by atoms with Gasteiger partial charge in [-0.15, -0.1) is 0 Å². The summed E-state index contributed by atoms with van der Waals surface area (Å²) in [6, 6.07) is 21.6. The van der Waals surface area contributed by atoms with Crippen LogP contribution >= 0.6 is 11.9 Å². The molecule has 0 bridgehead atoms. The minimum Gasteiger partial charge on any atom is -0.481 e. The fourth-order valence-electron chi connectivity index (χ4n) is 3.99. The van der Waals surface area contributed by atoms with Gasteiger partial charge in [-0.25, -0.2) is 9.36 Å². The topological polar surface area (TPSA) is 160 Å². The van der Waals surface area contributed by atoms with Gasteiger partial charge in [0.05, 0.1) is 5.69 Å². The second kappa shape index (κ2) is 18.1. The number of rotatable bonds is 11. The van der Waals surface area contributed by atoms with Crippen molar-refractivity contribution in [2.75, 3.05) is 14.1 Å². The molecule has 4 rings (SSSR count). The predicted octanol–water partition coefficient (Wildman–Crippen LogP) is 3.26. The number of aryl methyl sites for hydroxylation is 1. The van der Waals surface area contributed by atoms with E-state index in [1.165, 1.54) is 21.7 Å². The number of unbranched alkanes of at least 4 members (excludes halogenated alkanes) is 1. The molecule has 12 heteroatoms. The molecule has 1 unspecified atom stereocenters. The Morgan fingerprint density at radius 3 is 2.21 bits per heavy atom. The van der Waals surface area contributed by atoms with Crippen LogP contribution in [-0.2, 0) is 27.9 Å². The first-order valence-corrected chi connectivity index (χ1v) is 14.2. The van der Waals surface area contributed by atoms with Crippen molar-refractivity contribution in [1.29, 1.82) is 0 Å². The molecule has 4 aromatic rings. The van der Waals surface area contributed by atoms with Crippen molar-refractivity contribution in [3.05, 3.63) is 105 Å². The molecule has 0 spiro atoms. The van der Waals surface area contributed by atoms with Gasteiger partial charge in [0.2, 0.25) is 0 Å². The summed E-state index contributed by atoms with van der Waals surface area (Å²) in [4.78, 5) is 56.7. The molecule has 0 fully saturated rings. The summed E-state index contributed by atoms with van der Waals surface area (Å²) in [6.07, 6.45) is 3.35. The first-order valence-electron chi connectivity index (χ1n) is 13.4. The minimum atomic E-state index is -0.936. The number of aldehydes is 1. The van der Waals surface area contributed by atoms with Crippen molar-refractivity contribution in [3.63, 3.8) is 0 Å². The highest BCUT2D eigenvalue weighted by molar-refractivity contribution is 7.97. The average molecular weight is 609 g/mol. The van der Waals surface area contributed by atoms with Crippen LogP contribution in [0.3, 0.4) is 0 Å². The quantitative estimate of drug-likeness (QED) is 0.113. The lowest BCUT2D eigenvalue weighted by Crippen LogP contribution is -2.36. The van der Waals surface area contributed by atoms with Gasteiger partial charge in [0.15, 0.2) is 0 Å². The van der Waals surface area contributed by atoms with Crippen LogP contribution in [0.25, 0.3) is 16.5 Å². The summed E-state index contributed by atoms with van der Waals surface area (Å²) < 4.78 is 5.46. The lowest BCUT2D eigenvalue weighted by Gasteiger charge is -2.15. The van der Waals surface area contributed by atoms with Gasteiger partial charge >= 0.3 is 17.6 Å². The number of likely N-dealkylation sites (N-methyl/N-ethyl adjacent to an activating group) is 1. The van der Waals surface area contributed by atoms with Crippen molar-refractivity contribution in [2.45, 2.75) is 36.6 Å². The first kappa shape index (κ1) is 34.7. The molecule has 0 saturated carbocycles. The summed E-state index contributed by atoms with van der Waals surface area (Å²) in [5.74, 6) is -1.78. The van der Waals surface area contributed by atoms with E-state index in [1.807, 2.05) is 43.4 Å². The maximum Gasteiger partial charge on any atom is 0.335 e. The fourth-order valence-corrected chi connectivity index (χ4v) is 4.52. The van der Waals surface area contributed by atoms with E-state index in [-0.39, 0.29) is 12.8 Å². The number of fused-ring (bicyclic) bond motifs is 1. The number of hydrogen-bond donors (Lipinski definition) is 4. The Morgan fingerprint density at radius 1 is 0.930 bits per heavy atom. The van der Waals surface area contributed by atoms with Crippen LogP contribution in [0.1, 0.15) is 24.8 Å². The lowest BCUT2D eigenvalue weighted by atomic mass is 9.98. The Hall–Kier alpha value is -4.52. The van der Waals surface area contributed by atoms with Crippen molar-refractivity contribution in [3.8, 4) is 5.69 Å². The van der Waals surface area contributed by atoms with Crippen molar-refractivity contribution >= 4 is 40.9 Å². The van der Waals surface area contributed by atoms with Crippen LogP contribution in [0, 0.1) is 0 Å². The molecular weight excluding hydrogens is 572 g/mol. The molecule has 3 aromatic carbocycles. The van der Waals surface area contributed by atoms with Gasteiger partial charge < -0.3 is 24.9 Å². The normalized spacial score (nSPS) is 11.0. The molecular formula is C31H36N4O7S. The smallest absolute Gasteiger partial charge is 0.335 e. The van der Waals surface area contributed by atoms with Gasteiger partial charge in [-0.2, -0.15) is 0 Å². The number of nitrogens with zero attached hydrogens (tertiary/aromatic N) is 2. The van der Waals surface area contributed by atoms with E-state index in [2.05, 4.69) is 22.2 Å². The molecule has 11 nitrogen and oxygen atoms in total. The first-order chi connectivity index (χ1) is 20.6.